The molecule has 7 rings (SSSR count). The van der Waals surface area contributed by atoms with Crippen molar-refractivity contribution in [3.63, 3.8) is 0 Å². The Morgan fingerprint density at radius 2 is 0.769 bits per heavy atom. The number of ether oxygens (including phenoxy) is 11. The van der Waals surface area contributed by atoms with Gasteiger partial charge >= 0.3 is 35.7 Å². The standard InChI is InChI=1S/C23H29N3O4.C16H28N2O2.C16H27NO3.C14H21NO2.C13H19NO3.C5H11NO2.CH5BrP2.B.H4N2.Na.H2O.H/c1-24-21(16-26-22(27)19-6-4-5-7-20(19)23(26)28)17-8-10-18(11-9-17)25(12-14-29-2)13-15-30-3;1-4-14(13-17)15-5-7-16(8-6-15)18(9-11-19-2)10-12-20-3;1-4-14(13-18)15-5-7-16(8-6-15)17(9-11-19-2)10-12-20-3;1-4-13-5-7-14(8-6-13)15(9-11-16-2)10-12-17-3;1-16-9-7-14(8-10-17-2)13-5-3-12(11-15)4-6-13;1-5(2,3)8-4(6)7;1-4(2)3;;1-2;;;/h4-11,21,24H,12-16H2,1-3H3;5-8,14H,4,9-13,17H2,1-3H3;5-8,14,18H,4,9-13H2,1-3H3;4-8H,1,9-12H2,2-3H3;3-6,11H,7-10H2,1-2H3;1-3H3,(H2,6,7);3H2,1H3;;1-2H2;;1H2;/q;;;;;;;;;+1;;-1/t21-;2*14-;;;;;;;;;/m111........./s1. The molecule has 1 aliphatic heterocycles. The van der Waals surface area contributed by atoms with Crippen LogP contribution in [0.2, 0.25) is 0 Å². The van der Waals surface area contributed by atoms with Crippen LogP contribution in [0, 0.1) is 0 Å². The van der Waals surface area contributed by atoms with E-state index in [1.54, 1.807) is 116 Å². The van der Waals surface area contributed by atoms with E-state index in [9.17, 15) is 24.3 Å². The van der Waals surface area contributed by atoms with Crippen LogP contribution < -0.4 is 82.5 Å². The van der Waals surface area contributed by atoms with Gasteiger partial charge in [-0.25, -0.2) is 4.79 Å². The number of nitrogens with two attached hydrogens (primary N) is 4. The van der Waals surface area contributed by atoms with Gasteiger partial charge in [0.1, 0.15) is 11.9 Å². The fraction of sp³-hybridized carbons (Fsp3) is 0.523. The maximum absolute atomic E-state index is 12.7. The average molecular weight is 1810 g/mol. The number of anilines is 5. The predicted molar refractivity (Wildman–Crippen MR) is 504 cm³/mol. The van der Waals surface area contributed by atoms with Crippen molar-refractivity contribution in [1.29, 1.82) is 0 Å². The fourth-order valence-corrected chi connectivity index (χ4v) is 11.5. The Hall–Kier alpha value is -6.10. The number of aldehydes is 1. The van der Waals surface area contributed by atoms with Crippen LogP contribution in [-0.2, 0) is 52.1 Å². The Morgan fingerprint density at radius 1 is 0.521 bits per heavy atom. The van der Waals surface area contributed by atoms with Gasteiger partial charge in [0.2, 0.25) is 0 Å². The Labute approximate surface area is 761 Å². The molecule has 33 heteroatoms. The normalized spacial score (nSPS) is 11.8. The second-order valence-electron chi connectivity index (χ2n) is 27.4. The number of likely N-dealkylation sites (N-methyl/N-ethyl adjacent to an activating group) is 1. The van der Waals surface area contributed by atoms with Crippen LogP contribution in [0.15, 0.2) is 152 Å². The van der Waals surface area contributed by atoms with Crippen LogP contribution in [0.25, 0.3) is 6.08 Å². The predicted octanol–water partition coefficient (Wildman–Crippen LogP) is 8.69. The number of halogens is 1. The van der Waals surface area contributed by atoms with Crippen molar-refractivity contribution in [2.45, 2.75) is 70.9 Å². The van der Waals surface area contributed by atoms with E-state index in [2.05, 4.69) is 171 Å². The minimum absolute atomic E-state index is 0. The first-order valence-electron chi connectivity index (χ1n) is 39.5. The minimum Gasteiger partial charge on any atom is -1.00 e. The summed E-state index contributed by atoms with van der Waals surface area (Å²) in [6.07, 6.45) is 4.10. The topological polar surface area (TPSA) is 357 Å². The van der Waals surface area contributed by atoms with Crippen molar-refractivity contribution >= 4 is 97.8 Å². The van der Waals surface area contributed by atoms with Gasteiger partial charge in [0.15, 0.2) is 0 Å². The molecular weight excluding hydrogens is 1660 g/mol. The molecule has 12 N–H and O–H groups in total. The number of rotatable bonds is 47. The van der Waals surface area contributed by atoms with Gasteiger partial charge in [0.05, 0.1) is 83.2 Å². The molecule has 5 atom stereocenters. The van der Waals surface area contributed by atoms with Crippen molar-refractivity contribution in [1.82, 2.24) is 10.2 Å². The molecular formula is C88H147BBrN11NaO17P2. The van der Waals surface area contributed by atoms with Crippen LogP contribution in [0.4, 0.5) is 33.2 Å². The SMILES string of the molecule is C=Cc1ccc(N(CCOC)CCOC)cc1.CC(C)(C)OC(N)=O.CC[C@H](CN)c1ccc(N(CCOC)CCOC)cc1.CC[C@H](CO)c1ccc(N(CCOC)CCOC)cc1.CN[C@H](CN1C(=O)c2ccccc2C1=O)c1ccc(N(CCOC)CCOC)cc1.COCCN(CCOC)c1ccc(C=O)cc1.CP(P)Br.NN.O.[B].[H-].[Na+]. The van der Waals surface area contributed by atoms with Crippen LogP contribution >= 0.6 is 30.7 Å². The maximum Gasteiger partial charge on any atom is 1.00 e. The van der Waals surface area contributed by atoms with Gasteiger partial charge in [-0.2, -0.15) is 0 Å². The number of aliphatic hydroxyl groups excluding tert-OH is 1. The number of fused-ring (bicyclic) bond motifs is 1. The molecule has 0 fully saturated rings. The van der Waals surface area contributed by atoms with E-state index in [0.717, 1.165) is 113 Å². The summed E-state index contributed by atoms with van der Waals surface area (Å²) in [5.74, 6) is 8.21. The number of methoxy groups -OCH3 is 10. The number of hydrazine groups is 1. The second kappa shape index (κ2) is 76.3. The number of hydrogen-bond acceptors (Lipinski definition) is 25. The smallest absolute Gasteiger partial charge is 1.00 e. The summed E-state index contributed by atoms with van der Waals surface area (Å²) in [6.45, 7) is 31.7. The number of nitrogens with zero attached hydrogens (tertiary/aromatic N) is 6. The van der Waals surface area contributed by atoms with Crippen molar-refractivity contribution in [3.8, 4) is 0 Å². The Balaban J connectivity index is -0.000000452. The molecule has 2 unspecified atom stereocenters. The summed E-state index contributed by atoms with van der Waals surface area (Å²) in [6, 6.07) is 47.9. The molecule has 1 aliphatic rings. The number of primary amides is 1. The van der Waals surface area contributed by atoms with E-state index in [1.165, 1.54) is 27.4 Å². The molecule has 6 aromatic carbocycles. The van der Waals surface area contributed by atoms with Crippen LogP contribution in [0.5, 0.6) is 0 Å². The number of nitrogens with one attached hydrogen (secondary N) is 1. The number of aliphatic hydroxyl groups is 1. The molecule has 3 amide bonds. The number of amides is 3. The molecule has 677 valence electrons. The molecule has 6 aromatic rings. The summed E-state index contributed by atoms with van der Waals surface area (Å²) in [7, 11) is 21.5. The summed E-state index contributed by atoms with van der Waals surface area (Å²) in [5.41, 5.74) is 22.0. The molecule has 0 spiro atoms. The molecule has 1 heterocycles. The van der Waals surface area contributed by atoms with Crippen molar-refractivity contribution in [3.05, 3.63) is 191 Å². The summed E-state index contributed by atoms with van der Waals surface area (Å²) >= 11 is 3.30. The van der Waals surface area contributed by atoms with Crippen molar-refractivity contribution in [2.75, 3.05) is 261 Å². The molecule has 0 aliphatic carbocycles. The maximum atomic E-state index is 12.7. The van der Waals surface area contributed by atoms with E-state index >= 15 is 0 Å². The van der Waals surface area contributed by atoms with Crippen LogP contribution in [-0.4, -0.2) is 290 Å². The number of imide groups is 1. The van der Waals surface area contributed by atoms with E-state index in [-0.39, 0.29) is 88.1 Å². The molecule has 0 aromatic heterocycles. The van der Waals surface area contributed by atoms with Gasteiger partial charge in [0, 0.05) is 198 Å². The zero-order valence-corrected chi connectivity index (χ0v) is 81.3. The molecule has 0 bridgehead atoms. The van der Waals surface area contributed by atoms with E-state index in [1.807, 2.05) is 61.7 Å². The Morgan fingerprint density at radius 3 is 0.967 bits per heavy atom. The third-order valence-corrected chi connectivity index (χ3v) is 18.2. The van der Waals surface area contributed by atoms with Gasteiger partial charge in [0.25, 0.3) is 11.8 Å². The largest absolute Gasteiger partial charge is 1.00 e. The molecule has 3 radical (unpaired) electrons. The second-order valence-corrected chi connectivity index (χ2v) is 36.4. The monoisotopic (exact) mass is 1800 g/mol. The average Bonchev–Trinajstić information content (AvgIpc) is 1.63. The quantitative estimate of drug-likeness (QED) is 0.00519. The summed E-state index contributed by atoms with van der Waals surface area (Å²) < 4.78 is 56.1. The Kier molecular flexibility index (Phi) is 76.5. The van der Waals surface area contributed by atoms with Crippen LogP contribution in [0.1, 0.15) is 120 Å². The zero-order chi connectivity index (χ0) is 88.5. The Bertz CT molecular complexity index is 3290. The zero-order valence-electron chi connectivity index (χ0n) is 76.7. The van der Waals surface area contributed by atoms with E-state index < -0.39 is 11.7 Å². The molecule has 0 saturated heterocycles. The first-order chi connectivity index (χ1) is 56.9. The first kappa shape index (κ1) is 121. The van der Waals surface area contributed by atoms with Gasteiger partial charge in [-0.3, -0.25) is 31.0 Å². The van der Waals surface area contributed by atoms with Gasteiger partial charge in [-0.1, -0.05) is 103 Å². The van der Waals surface area contributed by atoms with Crippen molar-refractivity contribution in [2.24, 2.45) is 23.2 Å². The summed E-state index contributed by atoms with van der Waals surface area (Å²) in [4.78, 5) is 58.4. The van der Waals surface area contributed by atoms with Crippen LogP contribution in [0.3, 0.4) is 0 Å². The molecule has 28 nitrogen and oxygen atoms in total. The van der Waals surface area contributed by atoms with Crippen molar-refractivity contribution < 1.29 is 113 Å². The first-order valence-corrected chi connectivity index (χ1v) is 44.9. The number of hydrogen-bond donors (Lipinski definition) is 6. The number of carbonyl (C=O) groups is 4. The molecule has 0 saturated carbocycles. The van der Waals surface area contributed by atoms with Gasteiger partial charge < -0.3 is 105 Å². The third-order valence-electron chi connectivity index (χ3n) is 18.2. The van der Waals surface area contributed by atoms with E-state index in [0.29, 0.717) is 95.2 Å². The summed E-state index contributed by atoms with van der Waals surface area (Å²) in [5, 5.41) is 12.6. The van der Waals surface area contributed by atoms with Gasteiger partial charge in [-0.05, 0) is 173 Å². The number of carbonyl (C=O) groups excluding carboxylic acids is 4. The van der Waals surface area contributed by atoms with Gasteiger partial charge in [-0.15, -0.1) is 8.93 Å². The molecule has 121 heavy (non-hydrogen) atoms. The number of benzene rings is 6. The minimum atomic E-state index is -0.725. The fourth-order valence-electron chi connectivity index (χ4n) is 11.5. The van der Waals surface area contributed by atoms with E-state index in [4.69, 9.17) is 58.8 Å². The third kappa shape index (κ3) is 51.8.